The maximum atomic E-state index is 11.6. The summed E-state index contributed by atoms with van der Waals surface area (Å²) in [5.41, 5.74) is 1.81. The van der Waals surface area contributed by atoms with Crippen LogP contribution in [0.1, 0.15) is 32.2 Å². The van der Waals surface area contributed by atoms with E-state index in [9.17, 15) is 4.79 Å². The Morgan fingerprint density at radius 2 is 2.00 bits per heavy atom. The van der Waals surface area contributed by atoms with E-state index >= 15 is 0 Å². The Morgan fingerprint density at radius 3 is 2.62 bits per heavy atom. The lowest BCUT2D eigenvalue weighted by Gasteiger charge is -2.00. The predicted octanol–water partition coefficient (Wildman–Crippen LogP) is 2.82. The van der Waals surface area contributed by atoms with Gasteiger partial charge in [0.15, 0.2) is 0 Å². The summed E-state index contributed by atoms with van der Waals surface area (Å²) >= 11 is 0. The lowest BCUT2D eigenvalue weighted by Crippen LogP contribution is -2.11. The molecule has 1 N–H and O–H groups in total. The number of aromatic nitrogens is 2. The number of H-pyrrole nitrogens is 1. The molecule has 0 radical (unpaired) electrons. The zero-order chi connectivity index (χ0) is 12.1. The highest BCUT2D eigenvalue weighted by atomic mass is 16.1. The highest BCUT2D eigenvalue weighted by molar-refractivity contribution is 5.78. The normalized spacial score (nSPS) is 9.75. The fraction of sp³-hybridized carbons (Fsp3) is 0.385. The van der Waals surface area contributed by atoms with Crippen molar-refractivity contribution in [3.63, 3.8) is 0 Å². The number of nitrogens with one attached hydrogen (secondary N) is 1. The highest BCUT2D eigenvalue weighted by Gasteiger charge is 2.01. The number of rotatable bonds is 1. The Labute approximate surface area is 95.5 Å². The van der Waals surface area contributed by atoms with Crippen molar-refractivity contribution in [3.8, 4) is 0 Å². The van der Waals surface area contributed by atoms with E-state index in [1.54, 1.807) is 0 Å². The van der Waals surface area contributed by atoms with Crippen molar-refractivity contribution >= 4 is 10.9 Å². The Morgan fingerprint density at radius 1 is 1.31 bits per heavy atom. The van der Waals surface area contributed by atoms with Crippen LogP contribution in [0.3, 0.4) is 0 Å². The molecule has 0 fully saturated rings. The predicted molar refractivity (Wildman–Crippen MR) is 67.8 cm³/mol. The van der Waals surface area contributed by atoms with E-state index < -0.39 is 0 Å². The molecule has 0 saturated heterocycles. The van der Waals surface area contributed by atoms with Gasteiger partial charge < -0.3 is 4.98 Å². The van der Waals surface area contributed by atoms with Gasteiger partial charge in [-0.1, -0.05) is 32.4 Å². The van der Waals surface area contributed by atoms with Crippen molar-refractivity contribution in [1.82, 2.24) is 9.97 Å². The molecule has 2 rings (SSSR count). The molecular formula is C13H18N2O. The maximum absolute atomic E-state index is 11.6. The molecule has 0 spiro atoms. The average Bonchev–Trinajstić information content (AvgIpc) is 2.32. The molecule has 1 aromatic carbocycles. The van der Waals surface area contributed by atoms with Gasteiger partial charge in [0.2, 0.25) is 0 Å². The van der Waals surface area contributed by atoms with Gasteiger partial charge in [-0.3, -0.25) is 4.79 Å². The second-order valence-corrected chi connectivity index (χ2v) is 3.39. The molecule has 0 aliphatic carbocycles. The Hall–Kier alpha value is -1.64. The smallest absolute Gasteiger partial charge is 0.258 e. The molecule has 86 valence electrons. The number of aromatic amines is 1. The van der Waals surface area contributed by atoms with Gasteiger partial charge in [0, 0.05) is 6.42 Å². The van der Waals surface area contributed by atoms with Crippen LogP contribution in [0.15, 0.2) is 23.0 Å². The minimum Gasteiger partial charge on any atom is -0.310 e. The molecule has 0 bridgehead atoms. The van der Waals surface area contributed by atoms with E-state index in [2.05, 4.69) is 9.97 Å². The monoisotopic (exact) mass is 218 g/mol. The summed E-state index contributed by atoms with van der Waals surface area (Å²) in [5.74, 6) is 0.742. The molecule has 1 aromatic heterocycles. The van der Waals surface area contributed by atoms with Crippen LogP contribution in [0.4, 0.5) is 0 Å². The van der Waals surface area contributed by atoms with Crippen LogP contribution in [0.25, 0.3) is 10.9 Å². The summed E-state index contributed by atoms with van der Waals surface area (Å²) in [7, 11) is 0. The van der Waals surface area contributed by atoms with Crippen LogP contribution < -0.4 is 5.56 Å². The van der Waals surface area contributed by atoms with Gasteiger partial charge in [-0.15, -0.1) is 0 Å². The van der Waals surface area contributed by atoms with E-state index in [0.29, 0.717) is 5.39 Å². The van der Waals surface area contributed by atoms with E-state index in [1.807, 2.05) is 45.9 Å². The molecule has 0 saturated carbocycles. The molecule has 3 heteroatoms. The fourth-order valence-corrected chi connectivity index (χ4v) is 1.47. The molecule has 3 nitrogen and oxygen atoms in total. The van der Waals surface area contributed by atoms with Crippen LogP contribution >= 0.6 is 0 Å². The van der Waals surface area contributed by atoms with Crippen molar-refractivity contribution < 1.29 is 0 Å². The topological polar surface area (TPSA) is 45.8 Å². The molecular weight excluding hydrogens is 200 g/mol. The number of nitrogens with zero attached hydrogens (tertiary/aromatic N) is 1. The Kier molecular flexibility index (Phi) is 4.23. The molecule has 16 heavy (non-hydrogen) atoms. The lowest BCUT2D eigenvalue weighted by atomic mass is 10.2. The van der Waals surface area contributed by atoms with Gasteiger partial charge in [-0.2, -0.15) is 0 Å². The number of hydrogen-bond acceptors (Lipinski definition) is 2. The second-order valence-electron chi connectivity index (χ2n) is 3.39. The quantitative estimate of drug-likeness (QED) is 0.800. The molecule has 0 aliphatic rings. The van der Waals surface area contributed by atoms with Crippen LogP contribution in [-0.4, -0.2) is 9.97 Å². The van der Waals surface area contributed by atoms with Crippen LogP contribution in [0.2, 0.25) is 0 Å². The Balaban J connectivity index is 0.000000606. The average molecular weight is 218 g/mol. The van der Waals surface area contributed by atoms with E-state index in [1.165, 1.54) is 0 Å². The summed E-state index contributed by atoms with van der Waals surface area (Å²) in [6.07, 6.45) is 0.749. The van der Waals surface area contributed by atoms with Gasteiger partial charge in [0.25, 0.3) is 5.56 Å². The van der Waals surface area contributed by atoms with Crippen molar-refractivity contribution in [3.05, 3.63) is 39.9 Å². The number of fused-ring (bicyclic) bond motifs is 1. The lowest BCUT2D eigenvalue weighted by molar-refractivity contribution is 0.944. The van der Waals surface area contributed by atoms with Crippen molar-refractivity contribution in [2.45, 2.75) is 34.1 Å². The van der Waals surface area contributed by atoms with E-state index in [0.717, 1.165) is 23.3 Å². The highest BCUT2D eigenvalue weighted by Crippen LogP contribution is 2.09. The van der Waals surface area contributed by atoms with Crippen LogP contribution in [-0.2, 0) is 6.42 Å². The van der Waals surface area contributed by atoms with Crippen LogP contribution in [0.5, 0.6) is 0 Å². The molecule has 0 unspecified atom stereocenters. The molecule has 1 heterocycles. The van der Waals surface area contributed by atoms with Crippen LogP contribution in [0, 0.1) is 6.92 Å². The number of aryl methyl sites for hydroxylation is 2. The largest absolute Gasteiger partial charge is 0.310 e. The first-order valence-corrected chi connectivity index (χ1v) is 5.70. The third-order valence-electron chi connectivity index (χ3n) is 2.24. The van der Waals surface area contributed by atoms with Gasteiger partial charge in [-0.05, 0) is 19.1 Å². The van der Waals surface area contributed by atoms with Crippen molar-refractivity contribution in [2.75, 3.05) is 0 Å². The Bertz CT molecular complexity index is 529. The number of benzene rings is 1. The van der Waals surface area contributed by atoms with Gasteiger partial charge in [-0.25, -0.2) is 4.98 Å². The molecule has 0 aliphatic heterocycles. The summed E-state index contributed by atoms with van der Waals surface area (Å²) in [6.45, 7) is 7.94. The SMILES string of the molecule is CC.CCc1nc2ccc(C)cc2c(=O)[nH]1. The van der Waals surface area contributed by atoms with E-state index in [4.69, 9.17) is 0 Å². The molecule has 0 amide bonds. The number of hydrogen-bond donors (Lipinski definition) is 1. The van der Waals surface area contributed by atoms with Crippen molar-refractivity contribution in [1.29, 1.82) is 0 Å². The standard InChI is InChI=1S/C11H12N2O.C2H6/c1-3-10-12-9-5-4-7(2)6-8(9)11(14)13-10;1-2/h4-6H,3H2,1-2H3,(H,12,13,14);1-2H3. The molecule has 2 aromatic rings. The van der Waals surface area contributed by atoms with Crippen molar-refractivity contribution in [2.24, 2.45) is 0 Å². The third-order valence-corrected chi connectivity index (χ3v) is 2.24. The minimum absolute atomic E-state index is 0.0458. The first-order valence-electron chi connectivity index (χ1n) is 5.70. The maximum Gasteiger partial charge on any atom is 0.258 e. The fourth-order valence-electron chi connectivity index (χ4n) is 1.47. The minimum atomic E-state index is -0.0458. The van der Waals surface area contributed by atoms with Gasteiger partial charge in [0.1, 0.15) is 5.82 Å². The van der Waals surface area contributed by atoms with Gasteiger partial charge >= 0.3 is 0 Å². The summed E-state index contributed by atoms with van der Waals surface area (Å²) in [5, 5.41) is 0.669. The van der Waals surface area contributed by atoms with E-state index in [-0.39, 0.29) is 5.56 Å². The summed E-state index contributed by atoms with van der Waals surface area (Å²) in [4.78, 5) is 18.7. The zero-order valence-electron chi connectivity index (χ0n) is 10.3. The zero-order valence-corrected chi connectivity index (χ0v) is 10.3. The molecule has 0 atom stereocenters. The summed E-state index contributed by atoms with van der Waals surface area (Å²) < 4.78 is 0. The summed E-state index contributed by atoms with van der Waals surface area (Å²) in [6, 6.07) is 5.72. The first kappa shape index (κ1) is 12.4. The third kappa shape index (κ3) is 2.48. The van der Waals surface area contributed by atoms with Gasteiger partial charge in [0.05, 0.1) is 10.9 Å². The second kappa shape index (κ2) is 5.45. The first-order chi connectivity index (χ1) is 7.70.